The third-order valence-corrected chi connectivity index (χ3v) is 4.47. The van der Waals surface area contributed by atoms with Crippen molar-refractivity contribution in [2.45, 2.75) is 24.6 Å². The molecule has 0 aliphatic heterocycles. The number of anilines is 1. The van der Waals surface area contributed by atoms with Crippen LogP contribution >= 0.6 is 11.6 Å². The van der Waals surface area contributed by atoms with Crippen LogP contribution < -0.4 is 5.32 Å². The zero-order valence-electron chi connectivity index (χ0n) is 13.1. The molecule has 3 aromatic rings. The second-order valence-corrected chi connectivity index (χ2v) is 6.46. The lowest BCUT2D eigenvalue weighted by Crippen LogP contribution is -2.39. The molecule has 0 spiro atoms. The summed E-state index contributed by atoms with van der Waals surface area (Å²) in [6.45, 7) is 0. The second kappa shape index (κ2) is 5.77. The maximum Gasteiger partial charge on any atom is 0.411 e. The molecule has 134 valence electrons. The highest BCUT2D eigenvalue weighted by atomic mass is 35.5. The Kier molecular flexibility index (Phi) is 3.76. The maximum atomic E-state index is 13.3. The van der Waals surface area contributed by atoms with Crippen LogP contribution in [0.4, 0.5) is 23.4 Å². The molecule has 1 saturated carbocycles. The highest BCUT2D eigenvalue weighted by molar-refractivity contribution is 6.28. The number of aromatic nitrogens is 3. The summed E-state index contributed by atoms with van der Waals surface area (Å²) in [6, 6.07) is 8.85. The molecule has 1 aromatic carbocycles. The van der Waals surface area contributed by atoms with E-state index in [-0.39, 0.29) is 29.5 Å². The lowest BCUT2D eigenvalue weighted by Gasteiger charge is -2.21. The summed E-state index contributed by atoms with van der Waals surface area (Å²) in [5.74, 6) is -0.466. The number of alkyl halides is 3. The molecule has 0 unspecified atom stereocenters. The predicted molar refractivity (Wildman–Crippen MR) is 89.4 cm³/mol. The van der Waals surface area contributed by atoms with Gasteiger partial charge in [-0.15, -0.1) is 0 Å². The van der Waals surface area contributed by atoms with E-state index in [1.54, 1.807) is 12.1 Å². The molecule has 2 heterocycles. The van der Waals surface area contributed by atoms with Gasteiger partial charge >= 0.3 is 6.18 Å². The predicted octanol–water partition coefficient (Wildman–Crippen LogP) is 4.99. The van der Waals surface area contributed by atoms with Crippen molar-refractivity contribution in [3.8, 4) is 11.3 Å². The number of rotatable bonds is 3. The van der Waals surface area contributed by atoms with Crippen molar-refractivity contribution < 1.29 is 17.6 Å². The van der Waals surface area contributed by atoms with Crippen molar-refractivity contribution in [2.75, 3.05) is 5.32 Å². The third-order valence-electron chi connectivity index (χ3n) is 4.31. The Morgan fingerprint density at radius 1 is 0.962 bits per heavy atom. The van der Waals surface area contributed by atoms with Crippen molar-refractivity contribution >= 4 is 28.5 Å². The van der Waals surface area contributed by atoms with Crippen LogP contribution in [0.3, 0.4) is 0 Å². The van der Waals surface area contributed by atoms with Gasteiger partial charge in [0.2, 0.25) is 5.28 Å². The Morgan fingerprint density at radius 3 is 2.27 bits per heavy atom. The van der Waals surface area contributed by atoms with Crippen LogP contribution in [-0.2, 0) is 0 Å². The summed E-state index contributed by atoms with van der Waals surface area (Å²) in [6.07, 6.45) is -4.50. The lowest BCUT2D eigenvalue weighted by atomic mass is 10.1. The summed E-state index contributed by atoms with van der Waals surface area (Å²) < 4.78 is 52.9. The van der Waals surface area contributed by atoms with Crippen LogP contribution in [0.2, 0.25) is 5.28 Å². The van der Waals surface area contributed by atoms with E-state index in [1.165, 1.54) is 24.3 Å². The molecule has 1 aliphatic carbocycles. The van der Waals surface area contributed by atoms with E-state index in [0.717, 1.165) is 0 Å². The van der Waals surface area contributed by atoms with Gasteiger partial charge in [-0.25, -0.2) is 14.4 Å². The Bertz CT molecular complexity index is 984. The minimum atomic E-state index is -4.41. The monoisotopic (exact) mass is 382 g/mol. The van der Waals surface area contributed by atoms with Crippen molar-refractivity contribution in [3.63, 3.8) is 0 Å². The van der Waals surface area contributed by atoms with E-state index in [1.807, 2.05) is 0 Å². The molecule has 0 atom stereocenters. The van der Waals surface area contributed by atoms with Crippen LogP contribution in [0, 0.1) is 5.82 Å². The zero-order valence-corrected chi connectivity index (χ0v) is 13.9. The van der Waals surface area contributed by atoms with Gasteiger partial charge in [-0.2, -0.15) is 18.2 Å². The van der Waals surface area contributed by atoms with Gasteiger partial charge in [0.15, 0.2) is 5.82 Å². The number of benzene rings is 1. The SMILES string of the molecule is Fc1ccc(-c2ccc3nc(Cl)nc(NC4(C(F)(F)F)CC4)c3n2)cc1. The normalized spacial score (nSPS) is 15.9. The summed E-state index contributed by atoms with van der Waals surface area (Å²) in [5.41, 5.74) is -0.442. The first kappa shape index (κ1) is 17.0. The highest BCUT2D eigenvalue weighted by Gasteiger charge is 2.64. The minimum absolute atomic E-state index is 0.0444. The molecule has 1 fully saturated rings. The Labute approximate surface area is 150 Å². The van der Waals surface area contributed by atoms with Crippen LogP contribution in [-0.4, -0.2) is 26.7 Å². The average Bonchev–Trinajstić information content (AvgIpc) is 3.36. The quantitative estimate of drug-likeness (QED) is 0.512. The molecular weight excluding hydrogens is 372 g/mol. The number of hydrogen-bond acceptors (Lipinski definition) is 4. The molecule has 1 aliphatic rings. The summed E-state index contributed by atoms with van der Waals surface area (Å²) >= 11 is 5.85. The average molecular weight is 383 g/mol. The fourth-order valence-electron chi connectivity index (χ4n) is 2.69. The lowest BCUT2D eigenvalue weighted by molar-refractivity contribution is -0.151. The molecule has 0 bridgehead atoms. The fraction of sp³-hybridized carbons (Fsp3) is 0.235. The van der Waals surface area contributed by atoms with Crippen molar-refractivity contribution in [1.82, 2.24) is 15.0 Å². The van der Waals surface area contributed by atoms with Crippen LogP contribution in [0.15, 0.2) is 36.4 Å². The van der Waals surface area contributed by atoms with E-state index >= 15 is 0 Å². The van der Waals surface area contributed by atoms with Crippen LogP contribution in [0.1, 0.15) is 12.8 Å². The Hall–Kier alpha value is -2.48. The van der Waals surface area contributed by atoms with Crippen molar-refractivity contribution in [2.24, 2.45) is 0 Å². The smallest absolute Gasteiger partial charge is 0.354 e. The molecule has 0 radical (unpaired) electrons. The summed E-state index contributed by atoms with van der Waals surface area (Å²) in [4.78, 5) is 12.3. The largest absolute Gasteiger partial charge is 0.411 e. The summed E-state index contributed by atoms with van der Waals surface area (Å²) in [7, 11) is 0. The molecule has 1 N–H and O–H groups in total. The number of pyridine rings is 1. The second-order valence-electron chi connectivity index (χ2n) is 6.12. The van der Waals surface area contributed by atoms with Gasteiger partial charge < -0.3 is 5.32 Å². The van der Waals surface area contributed by atoms with E-state index in [9.17, 15) is 17.6 Å². The number of halogens is 5. The molecule has 0 saturated heterocycles. The first-order chi connectivity index (χ1) is 12.3. The van der Waals surface area contributed by atoms with Gasteiger partial charge in [0.25, 0.3) is 0 Å². The molecule has 26 heavy (non-hydrogen) atoms. The topological polar surface area (TPSA) is 50.7 Å². The third kappa shape index (κ3) is 2.94. The van der Waals surface area contributed by atoms with Gasteiger partial charge in [0, 0.05) is 5.56 Å². The first-order valence-corrected chi connectivity index (χ1v) is 8.10. The Balaban J connectivity index is 1.81. The number of hydrogen-bond donors (Lipinski definition) is 1. The fourth-order valence-corrected chi connectivity index (χ4v) is 2.86. The zero-order chi connectivity index (χ0) is 18.5. The summed E-state index contributed by atoms with van der Waals surface area (Å²) in [5, 5.41) is 2.29. The molecule has 0 amide bonds. The number of nitrogens with zero attached hydrogens (tertiary/aromatic N) is 3. The van der Waals surface area contributed by atoms with Gasteiger partial charge in [-0.3, -0.25) is 0 Å². The van der Waals surface area contributed by atoms with Gasteiger partial charge in [0.05, 0.1) is 11.2 Å². The molecule has 4 rings (SSSR count). The molecule has 4 nitrogen and oxygen atoms in total. The molecule has 9 heteroatoms. The van der Waals surface area contributed by atoms with Gasteiger partial charge in [-0.1, -0.05) is 0 Å². The van der Waals surface area contributed by atoms with Crippen molar-refractivity contribution in [1.29, 1.82) is 0 Å². The van der Waals surface area contributed by atoms with E-state index < -0.39 is 17.5 Å². The van der Waals surface area contributed by atoms with Crippen molar-refractivity contribution in [3.05, 3.63) is 47.5 Å². The first-order valence-electron chi connectivity index (χ1n) is 7.73. The number of nitrogens with one attached hydrogen (secondary N) is 1. The number of fused-ring (bicyclic) bond motifs is 1. The Morgan fingerprint density at radius 2 is 1.65 bits per heavy atom. The van der Waals surface area contributed by atoms with E-state index in [4.69, 9.17) is 11.6 Å². The van der Waals surface area contributed by atoms with Gasteiger partial charge in [0.1, 0.15) is 16.9 Å². The van der Waals surface area contributed by atoms with Crippen LogP contribution in [0.5, 0.6) is 0 Å². The van der Waals surface area contributed by atoms with E-state index in [0.29, 0.717) is 16.8 Å². The standard InChI is InChI=1S/C17H11ClF4N4/c18-15-24-12-6-5-11(9-1-3-10(19)4-2-9)23-13(12)14(25-15)26-16(7-8-16)17(20,21)22/h1-6H,7-8H2,(H,24,25,26). The minimum Gasteiger partial charge on any atom is -0.354 e. The maximum absolute atomic E-state index is 13.3. The van der Waals surface area contributed by atoms with Crippen LogP contribution in [0.25, 0.3) is 22.3 Å². The molecule has 2 aromatic heterocycles. The van der Waals surface area contributed by atoms with Gasteiger partial charge in [-0.05, 0) is 60.8 Å². The molecular formula is C17H11ClF4N4. The highest BCUT2D eigenvalue weighted by Crippen LogP contribution is 2.51. The van der Waals surface area contributed by atoms with E-state index in [2.05, 4.69) is 20.3 Å².